The quantitative estimate of drug-likeness (QED) is 0.576. The van der Waals surface area contributed by atoms with Crippen molar-refractivity contribution < 1.29 is 4.39 Å². The molecule has 3 aromatic rings. The minimum absolute atomic E-state index is 0.00356. The first-order valence-electron chi connectivity index (χ1n) is 11.3. The SMILES string of the molecule is Cn1c(NCC(N)CC2CCCCC2)nc(-c2ccncc2)c(-c2ccc(F)cc2)c1=O. The summed E-state index contributed by atoms with van der Waals surface area (Å²) in [6, 6.07) is 9.53. The van der Waals surface area contributed by atoms with E-state index in [1.165, 1.54) is 48.8 Å². The van der Waals surface area contributed by atoms with E-state index in [2.05, 4.69) is 10.3 Å². The molecule has 1 aliphatic carbocycles. The highest BCUT2D eigenvalue weighted by atomic mass is 19.1. The summed E-state index contributed by atoms with van der Waals surface area (Å²) < 4.78 is 15.0. The van der Waals surface area contributed by atoms with Gasteiger partial charge in [-0.1, -0.05) is 44.2 Å². The number of anilines is 1. The molecule has 0 spiro atoms. The van der Waals surface area contributed by atoms with Crippen LogP contribution < -0.4 is 16.6 Å². The number of rotatable bonds is 7. The van der Waals surface area contributed by atoms with Crippen LogP contribution in [0.1, 0.15) is 38.5 Å². The fraction of sp³-hybridized carbons (Fsp3) is 0.400. The first-order chi connectivity index (χ1) is 15.5. The molecule has 32 heavy (non-hydrogen) atoms. The van der Waals surface area contributed by atoms with Gasteiger partial charge in [0.1, 0.15) is 5.82 Å². The van der Waals surface area contributed by atoms with E-state index in [4.69, 9.17) is 10.7 Å². The molecule has 1 fully saturated rings. The van der Waals surface area contributed by atoms with Crippen LogP contribution in [0.5, 0.6) is 0 Å². The minimum atomic E-state index is -0.353. The number of halogens is 1. The van der Waals surface area contributed by atoms with Gasteiger partial charge in [0.05, 0.1) is 11.3 Å². The Hall–Kier alpha value is -3.06. The normalized spacial score (nSPS) is 15.5. The van der Waals surface area contributed by atoms with Crippen LogP contribution in [0.15, 0.2) is 53.6 Å². The Balaban J connectivity index is 1.64. The van der Waals surface area contributed by atoms with E-state index in [0.29, 0.717) is 35.2 Å². The van der Waals surface area contributed by atoms with Gasteiger partial charge >= 0.3 is 0 Å². The average Bonchev–Trinajstić information content (AvgIpc) is 2.82. The third-order valence-corrected chi connectivity index (χ3v) is 6.26. The van der Waals surface area contributed by atoms with Crippen molar-refractivity contribution in [3.63, 3.8) is 0 Å². The highest BCUT2D eigenvalue weighted by molar-refractivity contribution is 5.80. The number of nitrogens with zero attached hydrogens (tertiary/aromatic N) is 3. The van der Waals surface area contributed by atoms with Crippen molar-refractivity contribution in [2.75, 3.05) is 11.9 Å². The third kappa shape index (κ3) is 5.05. The van der Waals surface area contributed by atoms with Crippen LogP contribution in [0.4, 0.5) is 10.3 Å². The number of pyridine rings is 1. The van der Waals surface area contributed by atoms with E-state index < -0.39 is 0 Å². The molecule has 2 heterocycles. The Labute approximate surface area is 187 Å². The van der Waals surface area contributed by atoms with Gasteiger partial charge in [0.25, 0.3) is 5.56 Å². The summed E-state index contributed by atoms with van der Waals surface area (Å²) in [5.74, 6) is 0.798. The maximum atomic E-state index is 13.5. The molecule has 1 saturated carbocycles. The van der Waals surface area contributed by atoms with Gasteiger partial charge in [-0.3, -0.25) is 14.3 Å². The number of aromatic nitrogens is 3. The molecular formula is C25H30FN5O. The molecule has 6 nitrogen and oxygen atoms in total. The van der Waals surface area contributed by atoms with Gasteiger partial charge in [-0.2, -0.15) is 0 Å². The van der Waals surface area contributed by atoms with Gasteiger partial charge in [-0.05, 0) is 42.2 Å². The first-order valence-corrected chi connectivity index (χ1v) is 11.3. The van der Waals surface area contributed by atoms with Gasteiger partial charge in [-0.15, -0.1) is 0 Å². The van der Waals surface area contributed by atoms with Crippen LogP contribution in [0.2, 0.25) is 0 Å². The van der Waals surface area contributed by atoms with Gasteiger partial charge in [-0.25, -0.2) is 9.37 Å². The molecule has 0 aliphatic heterocycles. The second-order valence-electron chi connectivity index (χ2n) is 8.65. The monoisotopic (exact) mass is 435 g/mol. The van der Waals surface area contributed by atoms with Gasteiger partial charge in [0, 0.05) is 37.6 Å². The Bertz CT molecular complexity index is 1090. The van der Waals surface area contributed by atoms with Crippen LogP contribution in [-0.4, -0.2) is 27.1 Å². The largest absolute Gasteiger partial charge is 0.354 e. The fourth-order valence-corrected chi connectivity index (χ4v) is 4.51. The zero-order chi connectivity index (χ0) is 22.5. The Morgan fingerprint density at radius 2 is 1.78 bits per heavy atom. The lowest BCUT2D eigenvalue weighted by Crippen LogP contribution is -2.34. The summed E-state index contributed by atoms with van der Waals surface area (Å²) in [7, 11) is 1.69. The van der Waals surface area contributed by atoms with Crippen molar-refractivity contribution in [1.29, 1.82) is 0 Å². The molecule has 2 aromatic heterocycles. The zero-order valence-corrected chi connectivity index (χ0v) is 18.4. The fourth-order valence-electron chi connectivity index (χ4n) is 4.51. The predicted molar refractivity (Wildman–Crippen MR) is 126 cm³/mol. The lowest BCUT2D eigenvalue weighted by Gasteiger charge is -2.25. The van der Waals surface area contributed by atoms with Crippen molar-refractivity contribution >= 4 is 5.95 Å². The number of nitrogens with two attached hydrogens (primary N) is 1. The molecule has 1 aliphatic rings. The highest BCUT2D eigenvalue weighted by Gasteiger charge is 2.20. The van der Waals surface area contributed by atoms with Crippen LogP contribution in [0.25, 0.3) is 22.4 Å². The molecule has 7 heteroatoms. The molecule has 1 aromatic carbocycles. The Morgan fingerprint density at radius 3 is 2.47 bits per heavy atom. The number of hydrogen-bond donors (Lipinski definition) is 2. The van der Waals surface area contributed by atoms with Gasteiger partial charge < -0.3 is 11.1 Å². The topological polar surface area (TPSA) is 85.8 Å². The Kier molecular flexibility index (Phi) is 6.95. The van der Waals surface area contributed by atoms with Gasteiger partial charge in [0.2, 0.25) is 5.95 Å². The van der Waals surface area contributed by atoms with E-state index in [-0.39, 0.29) is 17.4 Å². The molecule has 0 amide bonds. The lowest BCUT2D eigenvalue weighted by molar-refractivity contribution is 0.320. The molecule has 0 bridgehead atoms. The number of benzene rings is 1. The second kappa shape index (κ2) is 10.0. The van der Waals surface area contributed by atoms with Crippen molar-refractivity contribution in [3.05, 3.63) is 65.0 Å². The number of hydrogen-bond acceptors (Lipinski definition) is 5. The van der Waals surface area contributed by atoms with Crippen molar-refractivity contribution in [3.8, 4) is 22.4 Å². The molecule has 3 N–H and O–H groups in total. The second-order valence-corrected chi connectivity index (χ2v) is 8.65. The smallest absolute Gasteiger partial charge is 0.263 e. The van der Waals surface area contributed by atoms with Crippen molar-refractivity contribution in [1.82, 2.24) is 14.5 Å². The lowest BCUT2D eigenvalue weighted by atomic mass is 9.85. The van der Waals surface area contributed by atoms with E-state index in [1.54, 1.807) is 31.6 Å². The summed E-state index contributed by atoms with van der Waals surface area (Å²) in [4.78, 5) is 22.2. The maximum absolute atomic E-state index is 13.5. The van der Waals surface area contributed by atoms with E-state index in [1.807, 2.05) is 12.1 Å². The molecule has 4 rings (SSSR count). The van der Waals surface area contributed by atoms with Crippen LogP contribution >= 0.6 is 0 Å². The van der Waals surface area contributed by atoms with E-state index in [9.17, 15) is 9.18 Å². The summed E-state index contributed by atoms with van der Waals surface area (Å²) in [6.45, 7) is 0.544. The van der Waals surface area contributed by atoms with Crippen LogP contribution in [-0.2, 0) is 7.05 Å². The maximum Gasteiger partial charge on any atom is 0.263 e. The summed E-state index contributed by atoms with van der Waals surface area (Å²) in [5.41, 5.74) is 8.54. The molecule has 0 saturated heterocycles. The molecule has 0 radical (unpaired) electrons. The zero-order valence-electron chi connectivity index (χ0n) is 18.4. The van der Waals surface area contributed by atoms with Crippen molar-refractivity contribution in [2.24, 2.45) is 18.7 Å². The highest BCUT2D eigenvalue weighted by Crippen LogP contribution is 2.29. The molecular weight excluding hydrogens is 405 g/mol. The first kappa shape index (κ1) is 22.1. The summed E-state index contributed by atoms with van der Waals surface area (Å²) >= 11 is 0. The average molecular weight is 436 g/mol. The minimum Gasteiger partial charge on any atom is -0.354 e. The molecule has 1 unspecified atom stereocenters. The third-order valence-electron chi connectivity index (χ3n) is 6.26. The summed E-state index contributed by atoms with van der Waals surface area (Å²) in [5, 5.41) is 3.29. The van der Waals surface area contributed by atoms with E-state index >= 15 is 0 Å². The van der Waals surface area contributed by atoms with Crippen LogP contribution in [0, 0.1) is 11.7 Å². The Morgan fingerprint density at radius 1 is 1.09 bits per heavy atom. The number of nitrogens with one attached hydrogen (secondary N) is 1. The predicted octanol–water partition coefficient (Wildman–Crippen LogP) is 4.36. The molecule has 168 valence electrons. The van der Waals surface area contributed by atoms with Crippen molar-refractivity contribution in [2.45, 2.75) is 44.6 Å². The standard InChI is InChI=1S/C25H30FN5O/c1-31-24(32)22(18-7-9-20(26)10-8-18)23(19-11-13-28-14-12-19)30-25(31)29-16-21(27)15-17-5-3-2-4-6-17/h7-14,17,21H,2-6,15-16,27H2,1H3,(H,29,30). The van der Waals surface area contributed by atoms with Crippen LogP contribution in [0.3, 0.4) is 0 Å². The summed E-state index contributed by atoms with van der Waals surface area (Å²) in [6.07, 6.45) is 10.7. The van der Waals surface area contributed by atoms with Gasteiger partial charge in [0.15, 0.2) is 0 Å². The molecule has 1 atom stereocenters. The van der Waals surface area contributed by atoms with E-state index in [0.717, 1.165) is 12.0 Å².